The first-order valence-corrected chi connectivity index (χ1v) is 38.7. The Morgan fingerprint density at radius 1 is 0.427 bits per heavy atom. The van der Waals surface area contributed by atoms with E-state index in [1.54, 1.807) is 6.08 Å². The highest BCUT2D eigenvalue weighted by molar-refractivity contribution is 7.47. The molecular formula is C71H129O24P. The molecule has 0 spiro atoms. The van der Waals surface area contributed by atoms with Gasteiger partial charge in [0.25, 0.3) is 0 Å². The molecule has 2 saturated heterocycles. The molecule has 2 aliphatic heterocycles. The van der Waals surface area contributed by atoms with E-state index in [4.69, 9.17) is 42.2 Å². The van der Waals surface area contributed by atoms with Crippen LogP contribution in [-0.4, -0.2) is 204 Å². The number of carbonyl (C=O) groups is 3. The number of unbranched alkanes of at least 4 members (excludes halogenated alkanes) is 35. The molecular weight excluding hydrogens is 1270 g/mol. The van der Waals surface area contributed by atoms with Crippen molar-refractivity contribution in [2.24, 2.45) is 0 Å². The summed E-state index contributed by atoms with van der Waals surface area (Å²) in [5, 5.41) is 110. The highest BCUT2D eigenvalue weighted by Gasteiger charge is 2.58. The summed E-state index contributed by atoms with van der Waals surface area (Å²) >= 11 is 0. The minimum atomic E-state index is -5.72. The third-order valence-electron chi connectivity index (χ3n) is 18.3. The van der Waals surface area contributed by atoms with Crippen molar-refractivity contribution in [1.82, 2.24) is 0 Å². The average molecular weight is 1400 g/mol. The van der Waals surface area contributed by atoms with Crippen molar-refractivity contribution in [2.45, 2.75) is 382 Å². The lowest BCUT2D eigenvalue weighted by Gasteiger charge is -2.49. The molecule has 1 aliphatic carbocycles. The van der Waals surface area contributed by atoms with Gasteiger partial charge in [0.05, 0.1) is 13.2 Å². The van der Waals surface area contributed by atoms with E-state index in [1.165, 1.54) is 147 Å². The first-order valence-electron chi connectivity index (χ1n) is 37.2. The van der Waals surface area contributed by atoms with Gasteiger partial charge < -0.3 is 89.1 Å². The van der Waals surface area contributed by atoms with Crippen molar-refractivity contribution < 1.29 is 117 Å². The number of allylic oxidation sites excluding steroid dienone is 3. The van der Waals surface area contributed by atoms with Crippen LogP contribution in [0, 0.1) is 0 Å². The highest BCUT2D eigenvalue weighted by atomic mass is 31.2. The molecule has 11 N–H and O–H groups in total. The van der Waals surface area contributed by atoms with Crippen LogP contribution in [0.4, 0.5) is 0 Å². The molecule has 18 unspecified atom stereocenters. The third kappa shape index (κ3) is 36.4. The highest BCUT2D eigenvalue weighted by Crippen LogP contribution is 2.49. The molecule has 562 valence electrons. The first-order chi connectivity index (χ1) is 46.3. The smallest absolute Gasteiger partial charge is 0.463 e. The van der Waals surface area contributed by atoms with Gasteiger partial charge in [-0.1, -0.05) is 257 Å². The van der Waals surface area contributed by atoms with Crippen LogP contribution in [0.15, 0.2) is 24.3 Å². The normalized spacial score (nSPS) is 28.1. The van der Waals surface area contributed by atoms with Gasteiger partial charge in [-0.15, -0.1) is 0 Å². The molecule has 2 heterocycles. The second kappa shape index (κ2) is 53.3. The molecule has 18 atom stereocenters. The molecule has 0 radical (unpaired) electrons. The number of hydrogen-bond acceptors (Lipinski definition) is 23. The number of carbonyl (C=O) groups excluding carboxylic acids is 3. The van der Waals surface area contributed by atoms with Crippen molar-refractivity contribution in [3.63, 3.8) is 0 Å². The number of phosphoric ester groups is 1. The molecule has 96 heavy (non-hydrogen) atoms. The molecule has 0 aromatic heterocycles. The van der Waals surface area contributed by atoms with E-state index in [0.29, 0.717) is 12.8 Å². The SMILES string of the molecule is CCCCCCCCCCCCC/C=C/C=C/C(=O)OC(COC(=O)CCCCCCCCCCCCCCC)COP(=O)(O)OC1C(OC2OC(CO)C(O)C(O)C2O)C(O)C(O)C(O)C1OC1OC(COC(=O)CCCCCCCCCCCCCCC)C(O)C(O)C1O. The van der Waals surface area contributed by atoms with Gasteiger partial charge in [-0.3, -0.25) is 18.6 Å². The Morgan fingerprint density at radius 3 is 1.21 bits per heavy atom. The summed E-state index contributed by atoms with van der Waals surface area (Å²) in [5.74, 6) is -2.24. The van der Waals surface area contributed by atoms with Crippen LogP contribution >= 0.6 is 7.82 Å². The number of hydrogen-bond donors (Lipinski definition) is 11. The van der Waals surface area contributed by atoms with E-state index in [0.717, 1.165) is 96.0 Å². The van der Waals surface area contributed by atoms with E-state index >= 15 is 0 Å². The van der Waals surface area contributed by atoms with Crippen molar-refractivity contribution in [2.75, 3.05) is 26.4 Å². The van der Waals surface area contributed by atoms with Gasteiger partial charge >= 0.3 is 25.7 Å². The van der Waals surface area contributed by atoms with E-state index in [-0.39, 0.29) is 12.8 Å². The second-order valence-electron chi connectivity index (χ2n) is 26.7. The lowest BCUT2D eigenvalue weighted by molar-refractivity contribution is -0.360. The molecule has 0 aromatic rings. The summed E-state index contributed by atoms with van der Waals surface area (Å²) in [7, 11) is -5.72. The zero-order valence-electron chi connectivity index (χ0n) is 58.4. The van der Waals surface area contributed by atoms with Crippen LogP contribution < -0.4 is 0 Å². The van der Waals surface area contributed by atoms with Crippen molar-refractivity contribution in [3.8, 4) is 0 Å². The first kappa shape index (κ1) is 87.7. The Kier molecular flexibility index (Phi) is 48.7. The van der Waals surface area contributed by atoms with Crippen molar-refractivity contribution >= 4 is 25.7 Å². The Hall–Kier alpha value is -2.56. The summed E-state index contributed by atoms with van der Waals surface area (Å²) in [6.07, 6.45) is 13.2. The number of rotatable bonds is 57. The topological polar surface area (TPSA) is 374 Å². The van der Waals surface area contributed by atoms with E-state index in [9.17, 15) is 74.9 Å². The predicted molar refractivity (Wildman–Crippen MR) is 361 cm³/mol. The summed E-state index contributed by atoms with van der Waals surface area (Å²) in [5.41, 5.74) is 0. The van der Waals surface area contributed by atoms with Gasteiger partial charge in [-0.05, 0) is 25.7 Å². The number of aliphatic hydroxyl groups excluding tert-OH is 10. The van der Waals surface area contributed by atoms with Crippen LogP contribution in [0.5, 0.6) is 0 Å². The molecule has 1 saturated carbocycles. The third-order valence-corrected chi connectivity index (χ3v) is 19.3. The number of aliphatic hydroxyl groups is 10. The lowest BCUT2D eigenvalue weighted by atomic mass is 9.84. The quantitative estimate of drug-likeness (QED) is 0.00673. The summed E-state index contributed by atoms with van der Waals surface area (Å²) in [6.45, 7) is 3.33. The van der Waals surface area contributed by atoms with Crippen LogP contribution in [0.3, 0.4) is 0 Å². The fourth-order valence-electron chi connectivity index (χ4n) is 12.3. The van der Waals surface area contributed by atoms with Crippen LogP contribution in [0.1, 0.15) is 278 Å². The second-order valence-corrected chi connectivity index (χ2v) is 28.1. The van der Waals surface area contributed by atoms with Crippen LogP contribution in [-0.2, 0) is 61.2 Å². The van der Waals surface area contributed by atoms with Crippen molar-refractivity contribution in [3.05, 3.63) is 24.3 Å². The Bertz CT molecular complexity index is 2090. The number of phosphoric acid groups is 1. The van der Waals surface area contributed by atoms with E-state index in [1.807, 2.05) is 6.08 Å². The van der Waals surface area contributed by atoms with Gasteiger partial charge in [0.1, 0.15) is 98.7 Å². The molecule has 0 aromatic carbocycles. The Labute approximate surface area is 573 Å². The maximum Gasteiger partial charge on any atom is 0.472 e. The molecule has 3 fully saturated rings. The Balaban J connectivity index is 1.76. The molecule has 25 heteroatoms. The molecule has 3 rings (SSSR count). The zero-order valence-corrected chi connectivity index (χ0v) is 59.3. The maximum atomic E-state index is 14.3. The van der Waals surface area contributed by atoms with Crippen molar-refractivity contribution in [1.29, 1.82) is 0 Å². The monoisotopic (exact) mass is 1400 g/mol. The van der Waals surface area contributed by atoms with E-state index in [2.05, 4.69) is 20.8 Å². The van der Waals surface area contributed by atoms with Gasteiger partial charge in [0.15, 0.2) is 18.7 Å². The largest absolute Gasteiger partial charge is 0.472 e. The average Bonchev–Trinajstić information content (AvgIpc) is 0.769. The summed E-state index contributed by atoms with van der Waals surface area (Å²) in [6, 6.07) is 0. The fraction of sp³-hybridized carbons (Fsp3) is 0.901. The molecule has 0 bridgehead atoms. The summed E-state index contributed by atoms with van der Waals surface area (Å²) in [4.78, 5) is 50.8. The number of esters is 3. The minimum absolute atomic E-state index is 0.0282. The van der Waals surface area contributed by atoms with Crippen LogP contribution in [0.2, 0.25) is 0 Å². The molecule has 3 aliphatic rings. The Morgan fingerprint density at radius 2 is 0.792 bits per heavy atom. The predicted octanol–water partition coefficient (Wildman–Crippen LogP) is 9.74. The lowest BCUT2D eigenvalue weighted by Crippen LogP contribution is -2.69. The van der Waals surface area contributed by atoms with Gasteiger partial charge in [-0.2, -0.15) is 0 Å². The minimum Gasteiger partial charge on any atom is -0.463 e. The standard InChI is InChI=1S/C71H129O24P/c1-4-7-10-13-16-19-22-25-26-29-32-35-38-41-44-47-57(75)90-52(49-87-55(73)45-42-39-36-33-30-27-23-20-17-14-11-8-5-2)50-89-96(85,86)95-69-67(93-70-65(83)60(78)58(76)53(48-72)91-70)63(81)62(80)64(82)68(69)94-71-66(84)61(79)59(77)54(92-71)51-88-56(74)46-43-40-37-34-31-28-24-21-18-15-12-9-6-3/h38,41,44,47,52-54,58-72,76-84H,4-37,39-40,42-43,45-46,48-51H2,1-3H3,(H,85,86)/b41-38+,47-44+. The van der Waals surface area contributed by atoms with Crippen LogP contribution in [0.25, 0.3) is 0 Å². The number of ether oxygens (including phenoxy) is 7. The van der Waals surface area contributed by atoms with Gasteiger partial charge in [-0.25, -0.2) is 9.36 Å². The fourth-order valence-corrected chi connectivity index (χ4v) is 13.2. The van der Waals surface area contributed by atoms with Gasteiger partial charge in [0.2, 0.25) is 0 Å². The maximum absolute atomic E-state index is 14.3. The van der Waals surface area contributed by atoms with Gasteiger partial charge in [0, 0.05) is 18.9 Å². The summed E-state index contributed by atoms with van der Waals surface area (Å²) < 4.78 is 64.7. The molecule has 0 amide bonds. The zero-order chi connectivity index (χ0) is 70.4. The van der Waals surface area contributed by atoms with E-state index < -0.39 is 156 Å². The molecule has 24 nitrogen and oxygen atoms in total.